The molecule has 0 bridgehead atoms. The molecule has 0 saturated carbocycles. The highest BCUT2D eigenvalue weighted by Gasteiger charge is 2.31. The molecule has 0 aromatic carbocycles. The number of pyridine rings is 1. The third-order valence-corrected chi connectivity index (χ3v) is 4.97. The summed E-state index contributed by atoms with van der Waals surface area (Å²) in [6, 6.07) is 5.48. The van der Waals surface area contributed by atoms with Gasteiger partial charge in [-0.05, 0) is 31.4 Å². The summed E-state index contributed by atoms with van der Waals surface area (Å²) < 4.78 is 5.38. The highest BCUT2D eigenvalue weighted by Crippen LogP contribution is 2.34. The first-order chi connectivity index (χ1) is 13.5. The predicted octanol–water partition coefficient (Wildman–Crippen LogP) is 3.24. The molecule has 0 radical (unpaired) electrons. The molecule has 0 aliphatic carbocycles. The first-order valence-electron chi connectivity index (χ1n) is 9.72. The Labute approximate surface area is 163 Å². The van der Waals surface area contributed by atoms with E-state index in [2.05, 4.69) is 30.0 Å². The van der Waals surface area contributed by atoms with Crippen molar-refractivity contribution in [1.29, 1.82) is 0 Å². The zero-order chi connectivity index (χ0) is 19.7. The fraction of sp³-hybridized carbons (Fsp3) is 0.450. The number of anilines is 1. The lowest BCUT2D eigenvalue weighted by Crippen LogP contribution is -2.24. The van der Waals surface area contributed by atoms with Crippen molar-refractivity contribution in [3.05, 3.63) is 52.2 Å². The number of rotatable bonds is 5. The summed E-state index contributed by atoms with van der Waals surface area (Å²) in [6.45, 7) is 6.94. The summed E-state index contributed by atoms with van der Waals surface area (Å²) in [7, 11) is 0. The molecule has 0 spiro atoms. The quantitative estimate of drug-likeness (QED) is 0.725. The van der Waals surface area contributed by atoms with Gasteiger partial charge in [0, 0.05) is 36.0 Å². The minimum Gasteiger partial charge on any atom is -0.346 e. The third-order valence-electron chi connectivity index (χ3n) is 4.97. The van der Waals surface area contributed by atoms with Gasteiger partial charge in [0.05, 0.1) is 6.04 Å². The van der Waals surface area contributed by atoms with Gasteiger partial charge >= 0.3 is 0 Å². The molecule has 4 heterocycles. The summed E-state index contributed by atoms with van der Waals surface area (Å²) in [4.78, 5) is 30.5. The second-order valence-corrected chi connectivity index (χ2v) is 7.34. The zero-order valence-electron chi connectivity index (χ0n) is 16.3. The van der Waals surface area contributed by atoms with E-state index in [1.54, 1.807) is 6.20 Å². The van der Waals surface area contributed by atoms with Crippen molar-refractivity contribution < 1.29 is 4.52 Å². The predicted molar refractivity (Wildman–Crippen MR) is 105 cm³/mol. The van der Waals surface area contributed by atoms with Gasteiger partial charge in [-0.3, -0.25) is 4.79 Å². The van der Waals surface area contributed by atoms with E-state index in [1.165, 1.54) is 6.07 Å². The van der Waals surface area contributed by atoms with Crippen molar-refractivity contribution in [2.45, 2.75) is 52.0 Å². The van der Waals surface area contributed by atoms with Crippen LogP contribution in [0.25, 0.3) is 11.4 Å². The van der Waals surface area contributed by atoms with Gasteiger partial charge in [0.2, 0.25) is 5.89 Å². The van der Waals surface area contributed by atoms with Gasteiger partial charge < -0.3 is 14.4 Å². The van der Waals surface area contributed by atoms with Crippen LogP contribution in [0.3, 0.4) is 0 Å². The van der Waals surface area contributed by atoms with Crippen LogP contribution < -0.4 is 10.5 Å². The van der Waals surface area contributed by atoms with Gasteiger partial charge in [-0.25, -0.2) is 9.97 Å². The monoisotopic (exact) mass is 380 g/mol. The van der Waals surface area contributed by atoms with Crippen LogP contribution in [0.2, 0.25) is 0 Å². The first kappa shape index (κ1) is 18.3. The number of aryl methyl sites for hydroxylation is 1. The molecular formula is C20H24N6O2. The normalized spacial score (nSPS) is 16.9. The van der Waals surface area contributed by atoms with E-state index in [0.29, 0.717) is 24.0 Å². The number of nitrogens with zero attached hydrogens (tertiary/aromatic N) is 5. The van der Waals surface area contributed by atoms with Crippen molar-refractivity contribution in [1.82, 2.24) is 25.1 Å². The molecule has 1 aliphatic heterocycles. The molecule has 146 valence electrons. The van der Waals surface area contributed by atoms with Crippen molar-refractivity contribution in [3.8, 4) is 11.4 Å². The van der Waals surface area contributed by atoms with E-state index in [1.807, 2.05) is 32.9 Å². The van der Waals surface area contributed by atoms with Gasteiger partial charge in [-0.15, -0.1) is 0 Å². The van der Waals surface area contributed by atoms with Crippen LogP contribution in [-0.2, 0) is 6.42 Å². The molecule has 1 saturated heterocycles. The van der Waals surface area contributed by atoms with Crippen LogP contribution in [0.1, 0.15) is 63.0 Å². The molecule has 4 rings (SSSR count). The molecule has 1 N–H and O–H groups in total. The number of aromatic nitrogens is 5. The smallest absolute Gasteiger partial charge is 0.251 e. The fourth-order valence-electron chi connectivity index (χ4n) is 3.45. The Bertz CT molecular complexity index is 1010. The summed E-state index contributed by atoms with van der Waals surface area (Å²) in [5.74, 6) is 2.99. The zero-order valence-corrected chi connectivity index (χ0v) is 16.3. The van der Waals surface area contributed by atoms with Gasteiger partial charge in [0.1, 0.15) is 11.6 Å². The molecule has 1 fully saturated rings. The van der Waals surface area contributed by atoms with E-state index in [0.717, 1.165) is 36.5 Å². The van der Waals surface area contributed by atoms with Crippen LogP contribution in [0.4, 0.5) is 5.82 Å². The topological polar surface area (TPSA) is 101 Å². The fourth-order valence-corrected chi connectivity index (χ4v) is 3.45. The molecule has 28 heavy (non-hydrogen) atoms. The van der Waals surface area contributed by atoms with Crippen LogP contribution in [-0.4, -0.2) is 31.6 Å². The SMILES string of the molecule is CCc1cc(=O)[nH]c(-c2ccc(N3CCCC3c3noc(C(C)C)n3)nc2)n1. The molecule has 1 aliphatic rings. The maximum Gasteiger partial charge on any atom is 0.251 e. The van der Waals surface area contributed by atoms with Crippen LogP contribution >= 0.6 is 0 Å². The Morgan fingerprint density at radius 3 is 2.86 bits per heavy atom. The maximum atomic E-state index is 11.8. The Morgan fingerprint density at radius 1 is 1.32 bits per heavy atom. The van der Waals surface area contributed by atoms with E-state index in [4.69, 9.17) is 4.52 Å². The highest BCUT2D eigenvalue weighted by molar-refractivity contribution is 5.57. The van der Waals surface area contributed by atoms with Crippen LogP contribution in [0.15, 0.2) is 33.7 Å². The molecule has 0 amide bonds. The summed E-state index contributed by atoms with van der Waals surface area (Å²) >= 11 is 0. The second-order valence-electron chi connectivity index (χ2n) is 7.34. The third kappa shape index (κ3) is 3.54. The first-order valence-corrected chi connectivity index (χ1v) is 9.72. The lowest BCUT2D eigenvalue weighted by Gasteiger charge is -2.23. The van der Waals surface area contributed by atoms with Crippen molar-refractivity contribution in [2.75, 3.05) is 11.4 Å². The van der Waals surface area contributed by atoms with Crippen LogP contribution in [0, 0.1) is 0 Å². The Hall–Kier alpha value is -3.03. The molecule has 8 nitrogen and oxygen atoms in total. The van der Waals surface area contributed by atoms with Crippen molar-refractivity contribution in [2.24, 2.45) is 0 Å². The average molecular weight is 380 g/mol. The molecule has 8 heteroatoms. The minimum absolute atomic E-state index is 0.0657. The average Bonchev–Trinajstić information content (AvgIpc) is 3.37. The summed E-state index contributed by atoms with van der Waals surface area (Å²) in [6.07, 6.45) is 4.47. The molecule has 1 atom stereocenters. The number of nitrogens with one attached hydrogen (secondary N) is 1. The van der Waals surface area contributed by atoms with E-state index in [9.17, 15) is 4.79 Å². The van der Waals surface area contributed by atoms with Gasteiger partial charge in [0.15, 0.2) is 5.82 Å². The van der Waals surface area contributed by atoms with Gasteiger partial charge in [0.25, 0.3) is 5.56 Å². The lowest BCUT2D eigenvalue weighted by molar-refractivity contribution is 0.358. The summed E-state index contributed by atoms with van der Waals surface area (Å²) in [5.41, 5.74) is 1.40. The summed E-state index contributed by atoms with van der Waals surface area (Å²) in [5, 5.41) is 4.18. The Morgan fingerprint density at radius 2 is 2.18 bits per heavy atom. The maximum absolute atomic E-state index is 11.8. The molecule has 3 aromatic rings. The van der Waals surface area contributed by atoms with Gasteiger partial charge in [-0.2, -0.15) is 4.98 Å². The Kier molecular flexibility index (Phi) is 4.93. The number of H-pyrrole nitrogens is 1. The molecule has 3 aromatic heterocycles. The number of hydrogen-bond donors (Lipinski definition) is 1. The Balaban J connectivity index is 1.59. The molecule has 1 unspecified atom stereocenters. The minimum atomic E-state index is -0.149. The number of aromatic amines is 1. The van der Waals surface area contributed by atoms with Crippen molar-refractivity contribution >= 4 is 5.82 Å². The van der Waals surface area contributed by atoms with E-state index < -0.39 is 0 Å². The van der Waals surface area contributed by atoms with E-state index in [-0.39, 0.29) is 17.5 Å². The number of hydrogen-bond acceptors (Lipinski definition) is 7. The largest absolute Gasteiger partial charge is 0.346 e. The lowest BCUT2D eigenvalue weighted by atomic mass is 10.2. The second kappa shape index (κ2) is 7.53. The van der Waals surface area contributed by atoms with E-state index >= 15 is 0 Å². The van der Waals surface area contributed by atoms with Gasteiger partial charge in [-0.1, -0.05) is 25.9 Å². The van der Waals surface area contributed by atoms with Crippen LogP contribution in [0.5, 0.6) is 0 Å². The van der Waals surface area contributed by atoms with Crippen molar-refractivity contribution in [3.63, 3.8) is 0 Å². The standard InChI is InChI=1S/C20H24N6O2/c1-4-14-10-17(27)23-18(22-14)13-7-8-16(21-11-13)26-9-5-6-15(26)19-24-20(12(2)3)28-25-19/h7-8,10-12,15H,4-6,9H2,1-3H3,(H,22,23,27). The highest BCUT2D eigenvalue weighted by atomic mass is 16.5. The molecular weight excluding hydrogens is 356 g/mol.